The number of fused-ring (bicyclic) bond motifs is 2. The summed E-state index contributed by atoms with van der Waals surface area (Å²) in [6.07, 6.45) is 4.15. The SMILES string of the molecule is CC1=CCC(=O)C2=C[C@]3(O)OC(=O)C(C)=C3C[C@]12C. The van der Waals surface area contributed by atoms with Crippen LogP contribution in [-0.2, 0) is 14.3 Å². The molecule has 4 heteroatoms. The molecule has 0 saturated carbocycles. The molecule has 0 amide bonds. The lowest BCUT2D eigenvalue weighted by molar-refractivity contribution is -0.169. The van der Waals surface area contributed by atoms with Crippen molar-refractivity contribution in [1.82, 2.24) is 0 Å². The number of carbonyl (C=O) groups is 2. The number of aliphatic hydroxyl groups is 1. The van der Waals surface area contributed by atoms with Crippen molar-refractivity contribution in [2.45, 2.75) is 39.4 Å². The number of carbonyl (C=O) groups excluding carboxylic acids is 2. The normalized spacial score (nSPS) is 37.5. The van der Waals surface area contributed by atoms with Crippen molar-refractivity contribution in [2.75, 3.05) is 0 Å². The van der Waals surface area contributed by atoms with Gasteiger partial charge in [0.15, 0.2) is 5.78 Å². The number of ketones is 1. The summed E-state index contributed by atoms with van der Waals surface area (Å²) in [7, 11) is 0. The predicted octanol–water partition coefficient (Wildman–Crippen LogP) is 1.80. The summed E-state index contributed by atoms with van der Waals surface area (Å²) in [5.41, 5.74) is 2.24. The van der Waals surface area contributed by atoms with Crippen molar-refractivity contribution in [3.8, 4) is 0 Å². The molecule has 0 fully saturated rings. The summed E-state index contributed by atoms with van der Waals surface area (Å²) in [6.45, 7) is 5.62. The van der Waals surface area contributed by atoms with E-state index >= 15 is 0 Å². The largest absolute Gasteiger partial charge is 0.422 e. The fourth-order valence-electron chi connectivity index (χ4n) is 3.17. The zero-order valence-corrected chi connectivity index (χ0v) is 11.2. The van der Waals surface area contributed by atoms with Gasteiger partial charge in [-0.05, 0) is 26.3 Å². The van der Waals surface area contributed by atoms with Gasteiger partial charge in [0.2, 0.25) is 0 Å². The maximum atomic E-state index is 12.1. The molecule has 0 radical (unpaired) electrons. The lowest BCUT2D eigenvalue weighted by atomic mass is 9.62. The molecule has 0 spiro atoms. The van der Waals surface area contributed by atoms with E-state index in [1.807, 2.05) is 19.9 Å². The standard InChI is InChI=1S/C15H16O4/c1-8-4-5-12(16)11-7-15(18)10(6-14(8,11)3)9(2)13(17)19-15/h4,7,18H,5-6H2,1-3H3/t14-,15+/m1/s1. The van der Waals surface area contributed by atoms with Crippen LogP contribution in [0.1, 0.15) is 33.6 Å². The molecule has 1 N–H and O–H groups in total. The summed E-state index contributed by atoms with van der Waals surface area (Å²) in [5, 5.41) is 10.5. The van der Waals surface area contributed by atoms with Crippen molar-refractivity contribution in [2.24, 2.45) is 5.41 Å². The molecule has 3 rings (SSSR count). The molecule has 0 aromatic heterocycles. The van der Waals surface area contributed by atoms with Gasteiger partial charge in [-0.2, -0.15) is 0 Å². The van der Waals surface area contributed by atoms with E-state index in [0.29, 0.717) is 29.6 Å². The van der Waals surface area contributed by atoms with Gasteiger partial charge in [-0.3, -0.25) is 4.79 Å². The molecule has 0 saturated heterocycles. The summed E-state index contributed by atoms with van der Waals surface area (Å²) in [4.78, 5) is 23.7. The van der Waals surface area contributed by atoms with Crippen LogP contribution in [-0.4, -0.2) is 22.6 Å². The maximum absolute atomic E-state index is 12.1. The van der Waals surface area contributed by atoms with Crippen LogP contribution in [0.2, 0.25) is 0 Å². The van der Waals surface area contributed by atoms with Gasteiger partial charge in [-0.15, -0.1) is 0 Å². The zero-order chi connectivity index (χ0) is 14.0. The molecule has 100 valence electrons. The Kier molecular flexibility index (Phi) is 2.24. The molecular weight excluding hydrogens is 244 g/mol. The van der Waals surface area contributed by atoms with E-state index in [9.17, 15) is 14.7 Å². The van der Waals surface area contributed by atoms with Gasteiger partial charge in [0.05, 0.1) is 0 Å². The van der Waals surface area contributed by atoms with Crippen LogP contribution in [0.3, 0.4) is 0 Å². The second-order valence-corrected chi connectivity index (χ2v) is 5.77. The number of hydrogen-bond donors (Lipinski definition) is 1. The van der Waals surface area contributed by atoms with E-state index in [2.05, 4.69) is 0 Å². The Morgan fingerprint density at radius 1 is 1.32 bits per heavy atom. The van der Waals surface area contributed by atoms with Gasteiger partial charge in [0, 0.05) is 28.6 Å². The molecule has 1 heterocycles. The number of esters is 1. The Balaban J connectivity index is 2.24. The summed E-state index contributed by atoms with van der Waals surface area (Å²) < 4.78 is 5.04. The minimum absolute atomic E-state index is 0.0128. The first-order valence-electron chi connectivity index (χ1n) is 6.38. The third kappa shape index (κ3) is 1.43. The van der Waals surface area contributed by atoms with Crippen LogP contribution in [0.5, 0.6) is 0 Å². The van der Waals surface area contributed by atoms with E-state index < -0.39 is 17.2 Å². The molecule has 1 aliphatic heterocycles. The minimum atomic E-state index is -1.72. The highest BCUT2D eigenvalue weighted by Gasteiger charge is 2.53. The number of rotatable bonds is 0. The van der Waals surface area contributed by atoms with Gasteiger partial charge in [-0.25, -0.2) is 4.79 Å². The highest BCUT2D eigenvalue weighted by Crippen LogP contribution is 2.53. The Hall–Kier alpha value is -1.68. The second-order valence-electron chi connectivity index (χ2n) is 5.77. The van der Waals surface area contributed by atoms with Gasteiger partial charge in [0.1, 0.15) is 0 Å². The van der Waals surface area contributed by atoms with Gasteiger partial charge < -0.3 is 9.84 Å². The minimum Gasteiger partial charge on any atom is -0.422 e. The molecular formula is C15H16O4. The molecule has 0 aromatic rings. The Bertz CT molecular complexity index is 608. The van der Waals surface area contributed by atoms with Crippen LogP contribution in [0.15, 0.2) is 34.4 Å². The van der Waals surface area contributed by atoms with E-state index in [0.717, 1.165) is 5.57 Å². The van der Waals surface area contributed by atoms with Crippen molar-refractivity contribution in [3.05, 3.63) is 34.4 Å². The lowest BCUT2D eigenvalue weighted by Gasteiger charge is -2.42. The van der Waals surface area contributed by atoms with E-state index in [1.54, 1.807) is 6.92 Å². The van der Waals surface area contributed by atoms with Crippen molar-refractivity contribution < 1.29 is 19.4 Å². The highest BCUT2D eigenvalue weighted by molar-refractivity contribution is 6.01. The Morgan fingerprint density at radius 3 is 2.68 bits per heavy atom. The van der Waals surface area contributed by atoms with Crippen LogP contribution in [0.25, 0.3) is 0 Å². The van der Waals surface area contributed by atoms with Crippen molar-refractivity contribution in [1.29, 1.82) is 0 Å². The summed E-state index contributed by atoms with van der Waals surface area (Å²) in [6, 6.07) is 0. The molecule has 0 aromatic carbocycles. The van der Waals surface area contributed by atoms with Crippen LogP contribution < -0.4 is 0 Å². The number of ether oxygens (including phenoxy) is 1. The summed E-state index contributed by atoms with van der Waals surface area (Å²) in [5.74, 6) is -2.24. The first kappa shape index (κ1) is 12.4. The van der Waals surface area contributed by atoms with Gasteiger partial charge in [-0.1, -0.05) is 18.6 Å². The highest BCUT2D eigenvalue weighted by atomic mass is 16.7. The number of hydrogen-bond acceptors (Lipinski definition) is 4. The molecule has 0 bridgehead atoms. The van der Waals surface area contributed by atoms with Crippen molar-refractivity contribution in [3.63, 3.8) is 0 Å². The molecule has 2 aliphatic carbocycles. The quantitative estimate of drug-likeness (QED) is 0.533. The zero-order valence-electron chi connectivity index (χ0n) is 11.2. The molecule has 3 aliphatic rings. The maximum Gasteiger partial charge on any atom is 0.336 e. The monoisotopic (exact) mass is 260 g/mol. The third-order valence-electron chi connectivity index (χ3n) is 4.67. The Labute approximate surface area is 111 Å². The fourth-order valence-corrected chi connectivity index (χ4v) is 3.17. The summed E-state index contributed by atoms with van der Waals surface area (Å²) >= 11 is 0. The van der Waals surface area contributed by atoms with E-state index in [-0.39, 0.29) is 5.78 Å². The molecule has 19 heavy (non-hydrogen) atoms. The van der Waals surface area contributed by atoms with E-state index in [4.69, 9.17) is 4.74 Å². The smallest absolute Gasteiger partial charge is 0.336 e. The predicted molar refractivity (Wildman–Crippen MR) is 67.9 cm³/mol. The van der Waals surface area contributed by atoms with Crippen molar-refractivity contribution >= 4 is 11.8 Å². The first-order valence-corrected chi connectivity index (χ1v) is 6.38. The van der Waals surface area contributed by atoms with Crippen LogP contribution in [0, 0.1) is 5.41 Å². The van der Waals surface area contributed by atoms with Gasteiger partial charge >= 0.3 is 5.97 Å². The molecule has 2 atom stereocenters. The fraction of sp³-hybridized carbons (Fsp3) is 0.467. The average Bonchev–Trinajstić information content (AvgIpc) is 2.55. The lowest BCUT2D eigenvalue weighted by Crippen LogP contribution is -2.42. The van der Waals surface area contributed by atoms with Crippen LogP contribution >= 0.6 is 0 Å². The Morgan fingerprint density at radius 2 is 2.00 bits per heavy atom. The first-order chi connectivity index (χ1) is 8.78. The molecule has 0 unspecified atom stereocenters. The van der Waals surface area contributed by atoms with E-state index in [1.165, 1.54) is 6.08 Å². The average molecular weight is 260 g/mol. The van der Waals surface area contributed by atoms with Crippen LogP contribution in [0.4, 0.5) is 0 Å². The second kappa shape index (κ2) is 3.45. The number of Topliss-reactive ketones (excluding diaryl/α,β-unsaturated/α-hetero) is 1. The third-order valence-corrected chi connectivity index (χ3v) is 4.67. The van der Waals surface area contributed by atoms with Gasteiger partial charge in [0.25, 0.3) is 5.79 Å². The topological polar surface area (TPSA) is 63.6 Å². The molecule has 4 nitrogen and oxygen atoms in total. The number of allylic oxidation sites excluding steroid dienone is 3.